The molecule has 0 saturated carbocycles. The smallest absolute Gasteiger partial charge is 0.139 e. The zero-order chi connectivity index (χ0) is 18.2. The van der Waals surface area contributed by atoms with E-state index in [1.54, 1.807) is 0 Å². The fourth-order valence-corrected chi connectivity index (χ4v) is 5.21. The molecule has 0 bridgehead atoms. The quantitative estimate of drug-likeness (QED) is 0.542. The molecule has 0 radical (unpaired) electrons. The van der Waals surface area contributed by atoms with Gasteiger partial charge in [0.05, 0.1) is 11.4 Å². The molecular weight excluding hydrogens is 352 g/mol. The third kappa shape index (κ3) is 2.98. The normalized spacial score (nSPS) is 14.3. The number of fused-ring (bicyclic) bond motifs is 3. The summed E-state index contributed by atoms with van der Waals surface area (Å²) in [7, 11) is 0. The molecule has 5 heteroatoms. The predicted octanol–water partition coefficient (Wildman–Crippen LogP) is 5.08. The van der Waals surface area contributed by atoms with Gasteiger partial charge in [-0.2, -0.15) is 0 Å². The lowest BCUT2D eigenvalue weighted by Gasteiger charge is -2.21. The molecule has 1 N–H and O–H groups in total. The molecule has 0 aliphatic heterocycles. The van der Waals surface area contributed by atoms with E-state index < -0.39 is 0 Å². The molecule has 1 aliphatic carbocycles. The molecule has 4 aromatic rings. The topological polar surface area (TPSA) is 50.7 Å². The minimum Gasteiger partial charge on any atom is -0.358 e. The number of nitrogens with zero attached hydrogens (tertiary/aromatic N) is 3. The van der Waals surface area contributed by atoms with Crippen LogP contribution in [-0.2, 0) is 12.8 Å². The maximum atomic E-state index is 4.81. The molecule has 5 rings (SSSR count). The van der Waals surface area contributed by atoms with Crippen molar-refractivity contribution in [3.8, 4) is 0 Å². The van der Waals surface area contributed by atoms with Crippen LogP contribution in [0.3, 0.4) is 0 Å². The van der Waals surface area contributed by atoms with Crippen LogP contribution < -0.4 is 5.32 Å². The molecule has 0 spiro atoms. The summed E-state index contributed by atoms with van der Waals surface area (Å²) in [6, 6.07) is 14.7. The van der Waals surface area contributed by atoms with Crippen molar-refractivity contribution >= 4 is 27.4 Å². The van der Waals surface area contributed by atoms with Crippen LogP contribution in [0, 0.1) is 6.92 Å². The highest BCUT2D eigenvalue weighted by atomic mass is 32.1. The van der Waals surface area contributed by atoms with E-state index in [-0.39, 0.29) is 6.04 Å². The van der Waals surface area contributed by atoms with Crippen molar-refractivity contribution in [2.75, 3.05) is 5.32 Å². The van der Waals surface area contributed by atoms with Crippen LogP contribution in [0.2, 0.25) is 0 Å². The van der Waals surface area contributed by atoms with Crippen LogP contribution in [0.1, 0.15) is 39.9 Å². The molecule has 0 saturated heterocycles. The lowest BCUT2D eigenvalue weighted by Crippen LogP contribution is -2.14. The molecule has 0 fully saturated rings. The molecule has 4 nitrogen and oxygen atoms in total. The Labute approximate surface area is 162 Å². The largest absolute Gasteiger partial charge is 0.358 e. The highest BCUT2D eigenvalue weighted by Crippen LogP contribution is 2.40. The number of pyridine rings is 1. The summed E-state index contributed by atoms with van der Waals surface area (Å²) in [5.74, 6) is 1.76. The maximum absolute atomic E-state index is 4.81. The number of aryl methyl sites for hydroxylation is 3. The van der Waals surface area contributed by atoms with Gasteiger partial charge in [-0.1, -0.05) is 30.3 Å². The van der Waals surface area contributed by atoms with Gasteiger partial charge in [0.15, 0.2) is 0 Å². The second kappa shape index (κ2) is 6.74. The van der Waals surface area contributed by atoms with Gasteiger partial charge in [0.2, 0.25) is 0 Å². The molecule has 134 valence electrons. The van der Waals surface area contributed by atoms with E-state index in [2.05, 4.69) is 46.7 Å². The molecule has 0 unspecified atom stereocenters. The van der Waals surface area contributed by atoms with Crippen LogP contribution in [0.25, 0.3) is 10.2 Å². The summed E-state index contributed by atoms with van der Waals surface area (Å²) in [6.45, 7) is 1.97. The number of hydrogen-bond donors (Lipinski definition) is 1. The Bertz CT molecular complexity index is 1050. The summed E-state index contributed by atoms with van der Waals surface area (Å²) in [4.78, 5) is 16.3. The van der Waals surface area contributed by atoms with Gasteiger partial charge in [-0.3, -0.25) is 4.98 Å². The van der Waals surface area contributed by atoms with Gasteiger partial charge in [-0.25, -0.2) is 9.97 Å². The fourth-order valence-electron chi connectivity index (χ4n) is 3.90. The first-order valence-corrected chi connectivity index (χ1v) is 10.1. The monoisotopic (exact) mass is 372 g/mol. The SMILES string of the molecule is Cc1nc(N[C@H](c2ccccc2)c2ccncc2)c2c3c(sc2n1)CCC3. The van der Waals surface area contributed by atoms with Gasteiger partial charge in [-0.15, -0.1) is 11.3 Å². The van der Waals surface area contributed by atoms with Crippen LogP contribution >= 0.6 is 11.3 Å². The average Bonchev–Trinajstić information content (AvgIpc) is 3.28. The van der Waals surface area contributed by atoms with Gasteiger partial charge in [0, 0.05) is 17.3 Å². The highest BCUT2D eigenvalue weighted by Gasteiger charge is 2.24. The first-order chi connectivity index (χ1) is 13.3. The van der Waals surface area contributed by atoms with E-state index in [9.17, 15) is 0 Å². The molecule has 0 amide bonds. The minimum absolute atomic E-state index is 0.0173. The maximum Gasteiger partial charge on any atom is 0.139 e. The van der Waals surface area contributed by atoms with E-state index in [4.69, 9.17) is 9.97 Å². The Kier molecular flexibility index (Phi) is 4.09. The minimum atomic E-state index is 0.0173. The third-order valence-electron chi connectivity index (χ3n) is 5.13. The first kappa shape index (κ1) is 16.4. The zero-order valence-electron chi connectivity index (χ0n) is 15.1. The standard InChI is InChI=1S/C22H20N4S/c1-14-24-21(19-17-8-5-9-18(17)27-22(19)25-14)26-20(15-6-3-2-4-7-15)16-10-12-23-13-11-16/h2-4,6-7,10-13,20H,5,8-9H2,1H3,(H,24,25,26)/t20-/m1/s1. The number of rotatable bonds is 4. The first-order valence-electron chi connectivity index (χ1n) is 9.30. The number of benzene rings is 1. The second-order valence-electron chi connectivity index (χ2n) is 6.93. The summed E-state index contributed by atoms with van der Waals surface area (Å²) in [5.41, 5.74) is 3.83. The Morgan fingerprint density at radius 3 is 2.56 bits per heavy atom. The van der Waals surface area contributed by atoms with Crippen molar-refractivity contribution in [3.05, 3.63) is 82.3 Å². The highest BCUT2D eigenvalue weighted by molar-refractivity contribution is 7.19. The van der Waals surface area contributed by atoms with Crippen LogP contribution in [0.15, 0.2) is 54.9 Å². The van der Waals surface area contributed by atoms with Gasteiger partial charge in [0.25, 0.3) is 0 Å². The van der Waals surface area contributed by atoms with E-state index in [1.165, 1.54) is 39.8 Å². The number of nitrogens with one attached hydrogen (secondary N) is 1. The van der Waals surface area contributed by atoms with Gasteiger partial charge < -0.3 is 5.32 Å². The molecule has 1 aliphatic rings. The fraction of sp³-hybridized carbons (Fsp3) is 0.227. The molecule has 1 atom stereocenters. The van der Waals surface area contributed by atoms with Crippen molar-refractivity contribution < 1.29 is 0 Å². The third-order valence-corrected chi connectivity index (χ3v) is 6.32. The van der Waals surface area contributed by atoms with E-state index in [0.29, 0.717) is 0 Å². The summed E-state index contributed by atoms with van der Waals surface area (Å²) in [5, 5.41) is 4.95. The molecular formula is C22H20N4S. The van der Waals surface area contributed by atoms with Crippen molar-refractivity contribution in [1.29, 1.82) is 0 Å². The summed E-state index contributed by atoms with van der Waals surface area (Å²) < 4.78 is 0. The number of aromatic nitrogens is 3. The van der Waals surface area contributed by atoms with Crippen molar-refractivity contribution in [2.24, 2.45) is 0 Å². The van der Waals surface area contributed by atoms with Crippen LogP contribution in [-0.4, -0.2) is 15.0 Å². The number of hydrogen-bond acceptors (Lipinski definition) is 5. The predicted molar refractivity (Wildman–Crippen MR) is 110 cm³/mol. The van der Waals surface area contributed by atoms with Crippen LogP contribution in [0.4, 0.5) is 5.82 Å². The van der Waals surface area contributed by atoms with E-state index in [1.807, 2.05) is 36.7 Å². The molecule has 3 aromatic heterocycles. The van der Waals surface area contributed by atoms with Crippen molar-refractivity contribution in [1.82, 2.24) is 15.0 Å². The lowest BCUT2D eigenvalue weighted by molar-refractivity contribution is 0.909. The van der Waals surface area contributed by atoms with E-state index in [0.717, 1.165) is 22.9 Å². The van der Waals surface area contributed by atoms with Gasteiger partial charge in [0.1, 0.15) is 16.5 Å². The Morgan fingerprint density at radius 1 is 0.963 bits per heavy atom. The van der Waals surface area contributed by atoms with Crippen LogP contribution in [0.5, 0.6) is 0 Å². The van der Waals surface area contributed by atoms with Crippen molar-refractivity contribution in [3.63, 3.8) is 0 Å². The molecule has 3 heterocycles. The number of thiophene rings is 1. The van der Waals surface area contributed by atoms with E-state index >= 15 is 0 Å². The zero-order valence-corrected chi connectivity index (χ0v) is 16.0. The number of anilines is 1. The van der Waals surface area contributed by atoms with Gasteiger partial charge >= 0.3 is 0 Å². The second-order valence-corrected chi connectivity index (χ2v) is 8.01. The summed E-state index contributed by atoms with van der Waals surface area (Å²) in [6.07, 6.45) is 7.21. The Hall–Kier alpha value is -2.79. The molecule has 27 heavy (non-hydrogen) atoms. The lowest BCUT2D eigenvalue weighted by atomic mass is 9.99. The molecule has 1 aromatic carbocycles. The average molecular weight is 372 g/mol. The summed E-state index contributed by atoms with van der Waals surface area (Å²) >= 11 is 1.83. The Balaban J connectivity index is 1.65. The Morgan fingerprint density at radius 2 is 1.74 bits per heavy atom. The van der Waals surface area contributed by atoms with Gasteiger partial charge in [-0.05, 0) is 55.0 Å². The van der Waals surface area contributed by atoms with Crippen molar-refractivity contribution in [2.45, 2.75) is 32.2 Å².